The summed E-state index contributed by atoms with van der Waals surface area (Å²) < 4.78 is 5.14. The summed E-state index contributed by atoms with van der Waals surface area (Å²) in [6.07, 6.45) is 0. The molecule has 1 aromatic heterocycles. The lowest BCUT2D eigenvalue weighted by atomic mass is 10.00. The van der Waals surface area contributed by atoms with Gasteiger partial charge in [0.15, 0.2) is 0 Å². The van der Waals surface area contributed by atoms with Crippen molar-refractivity contribution in [3.05, 3.63) is 17.0 Å². The fourth-order valence-electron chi connectivity index (χ4n) is 3.07. The van der Waals surface area contributed by atoms with Gasteiger partial charge in [0.25, 0.3) is 0 Å². The number of rotatable bonds is 2. The molecule has 1 aromatic rings. The molecular formula is C13H17N3O3. The second-order valence-corrected chi connectivity index (χ2v) is 5.45. The Bertz CT molecular complexity index is 508. The van der Waals surface area contributed by atoms with Gasteiger partial charge in [0.1, 0.15) is 5.76 Å². The molecule has 2 aliphatic heterocycles. The fourth-order valence-corrected chi connectivity index (χ4v) is 3.07. The lowest BCUT2D eigenvalue weighted by Gasteiger charge is -2.18. The predicted octanol–water partition coefficient (Wildman–Crippen LogP) is 0.338. The summed E-state index contributed by atoms with van der Waals surface area (Å²) in [6.45, 7) is 5.77. The molecule has 102 valence electrons. The SMILES string of the molecule is Cc1noc(C)c1CN1CC2C(=O)N(C)C(=O)C2C1. The van der Waals surface area contributed by atoms with Crippen LogP contribution in [-0.4, -0.2) is 46.9 Å². The minimum absolute atomic E-state index is 0.0451. The topological polar surface area (TPSA) is 66.7 Å². The Morgan fingerprint density at radius 2 is 1.79 bits per heavy atom. The number of imide groups is 1. The van der Waals surface area contributed by atoms with E-state index in [-0.39, 0.29) is 23.7 Å². The number of carbonyl (C=O) groups is 2. The van der Waals surface area contributed by atoms with Gasteiger partial charge in [0.05, 0.1) is 17.5 Å². The Hall–Kier alpha value is -1.69. The molecule has 3 heterocycles. The van der Waals surface area contributed by atoms with Crippen molar-refractivity contribution in [3.63, 3.8) is 0 Å². The van der Waals surface area contributed by atoms with E-state index in [1.807, 2.05) is 13.8 Å². The van der Waals surface area contributed by atoms with Crippen molar-refractivity contribution >= 4 is 11.8 Å². The zero-order valence-corrected chi connectivity index (χ0v) is 11.3. The zero-order valence-electron chi connectivity index (χ0n) is 11.3. The average molecular weight is 263 g/mol. The Morgan fingerprint density at radius 1 is 1.21 bits per heavy atom. The van der Waals surface area contributed by atoms with E-state index in [1.54, 1.807) is 7.05 Å². The maximum Gasteiger partial charge on any atom is 0.234 e. The highest BCUT2D eigenvalue weighted by Gasteiger charge is 2.50. The molecule has 0 aliphatic carbocycles. The number of carbonyl (C=O) groups excluding carboxylic acids is 2. The lowest BCUT2D eigenvalue weighted by Crippen LogP contribution is -2.33. The molecule has 2 unspecified atom stereocenters. The van der Waals surface area contributed by atoms with Crippen molar-refractivity contribution in [1.82, 2.24) is 15.0 Å². The van der Waals surface area contributed by atoms with Gasteiger partial charge in [-0.2, -0.15) is 0 Å². The minimum atomic E-state index is -0.169. The summed E-state index contributed by atoms with van der Waals surface area (Å²) in [5, 5.41) is 3.93. The molecule has 2 aliphatic rings. The van der Waals surface area contributed by atoms with E-state index in [0.717, 1.165) is 17.0 Å². The van der Waals surface area contributed by atoms with E-state index in [1.165, 1.54) is 4.90 Å². The second kappa shape index (κ2) is 4.16. The van der Waals surface area contributed by atoms with Crippen LogP contribution in [0.5, 0.6) is 0 Å². The van der Waals surface area contributed by atoms with Crippen molar-refractivity contribution in [1.29, 1.82) is 0 Å². The molecule has 2 fully saturated rings. The summed E-state index contributed by atoms with van der Waals surface area (Å²) in [4.78, 5) is 27.3. The van der Waals surface area contributed by atoms with Crippen LogP contribution in [0.2, 0.25) is 0 Å². The number of aromatic nitrogens is 1. The standard InChI is InChI=1S/C13H17N3O3/c1-7-9(8(2)19-14-7)4-16-5-10-11(6-16)13(18)15(3)12(10)17/h10-11H,4-6H2,1-3H3. The molecule has 0 bridgehead atoms. The van der Waals surface area contributed by atoms with Crippen LogP contribution in [0.3, 0.4) is 0 Å². The fraction of sp³-hybridized carbons (Fsp3) is 0.615. The summed E-state index contributed by atoms with van der Waals surface area (Å²) in [5.74, 6) is 0.382. The number of hydrogen-bond acceptors (Lipinski definition) is 5. The summed E-state index contributed by atoms with van der Waals surface area (Å²) in [7, 11) is 1.57. The van der Waals surface area contributed by atoms with E-state index in [9.17, 15) is 9.59 Å². The second-order valence-electron chi connectivity index (χ2n) is 5.45. The molecule has 2 saturated heterocycles. The number of aryl methyl sites for hydroxylation is 2. The van der Waals surface area contributed by atoms with Gasteiger partial charge in [-0.3, -0.25) is 19.4 Å². The smallest absolute Gasteiger partial charge is 0.234 e. The van der Waals surface area contributed by atoms with Crippen molar-refractivity contribution in [2.45, 2.75) is 20.4 Å². The van der Waals surface area contributed by atoms with E-state index in [4.69, 9.17) is 4.52 Å². The van der Waals surface area contributed by atoms with Crippen molar-refractivity contribution < 1.29 is 14.1 Å². The minimum Gasteiger partial charge on any atom is -0.361 e. The third-order valence-electron chi connectivity index (χ3n) is 4.25. The van der Waals surface area contributed by atoms with Crippen molar-refractivity contribution in [2.24, 2.45) is 11.8 Å². The number of amides is 2. The molecule has 6 heteroatoms. The molecule has 0 N–H and O–H groups in total. The first-order valence-electron chi connectivity index (χ1n) is 6.44. The number of likely N-dealkylation sites (tertiary alicyclic amines) is 2. The van der Waals surface area contributed by atoms with E-state index < -0.39 is 0 Å². The third kappa shape index (κ3) is 1.78. The Kier molecular flexibility index (Phi) is 2.70. The average Bonchev–Trinajstić information content (AvgIpc) is 2.99. The Morgan fingerprint density at radius 3 is 2.26 bits per heavy atom. The number of nitrogens with zero attached hydrogens (tertiary/aromatic N) is 3. The van der Waals surface area contributed by atoms with Crippen LogP contribution >= 0.6 is 0 Å². The van der Waals surface area contributed by atoms with Crippen LogP contribution in [0, 0.1) is 25.7 Å². The third-order valence-corrected chi connectivity index (χ3v) is 4.25. The van der Waals surface area contributed by atoms with Crippen LogP contribution in [0.1, 0.15) is 17.0 Å². The van der Waals surface area contributed by atoms with Gasteiger partial charge in [-0.1, -0.05) is 5.16 Å². The molecule has 0 aromatic carbocycles. The molecule has 2 amide bonds. The largest absolute Gasteiger partial charge is 0.361 e. The highest BCUT2D eigenvalue weighted by Crippen LogP contribution is 2.33. The first kappa shape index (κ1) is 12.3. The molecule has 6 nitrogen and oxygen atoms in total. The summed E-state index contributed by atoms with van der Waals surface area (Å²) >= 11 is 0. The summed E-state index contributed by atoms with van der Waals surface area (Å²) in [5.41, 5.74) is 1.94. The highest BCUT2D eigenvalue weighted by molar-refractivity contribution is 6.05. The van der Waals surface area contributed by atoms with Crippen LogP contribution < -0.4 is 0 Å². The van der Waals surface area contributed by atoms with E-state index in [0.29, 0.717) is 19.6 Å². The van der Waals surface area contributed by atoms with Crippen LogP contribution in [0.15, 0.2) is 4.52 Å². The molecule has 0 saturated carbocycles. The van der Waals surface area contributed by atoms with Gasteiger partial charge in [0, 0.05) is 32.2 Å². The van der Waals surface area contributed by atoms with Crippen molar-refractivity contribution in [2.75, 3.05) is 20.1 Å². The molecule has 0 radical (unpaired) electrons. The lowest BCUT2D eigenvalue weighted by molar-refractivity contribution is -0.138. The van der Waals surface area contributed by atoms with Gasteiger partial charge in [-0.25, -0.2) is 0 Å². The van der Waals surface area contributed by atoms with Gasteiger partial charge in [-0.05, 0) is 13.8 Å². The predicted molar refractivity (Wildman–Crippen MR) is 66.0 cm³/mol. The Labute approximate surface area is 111 Å². The molecule has 19 heavy (non-hydrogen) atoms. The number of hydrogen-bond donors (Lipinski definition) is 0. The molecule has 2 atom stereocenters. The number of fused-ring (bicyclic) bond motifs is 1. The Balaban J connectivity index is 1.75. The maximum atomic E-state index is 11.9. The first-order valence-corrected chi connectivity index (χ1v) is 6.44. The van der Waals surface area contributed by atoms with Gasteiger partial charge < -0.3 is 4.52 Å². The van der Waals surface area contributed by atoms with Crippen LogP contribution in [0.4, 0.5) is 0 Å². The maximum absolute atomic E-state index is 11.9. The van der Waals surface area contributed by atoms with Crippen molar-refractivity contribution in [3.8, 4) is 0 Å². The van der Waals surface area contributed by atoms with Gasteiger partial charge in [0.2, 0.25) is 11.8 Å². The zero-order chi connectivity index (χ0) is 13.7. The van der Waals surface area contributed by atoms with E-state index >= 15 is 0 Å². The van der Waals surface area contributed by atoms with Gasteiger partial charge in [-0.15, -0.1) is 0 Å². The molecular weight excluding hydrogens is 246 g/mol. The van der Waals surface area contributed by atoms with Crippen LogP contribution in [0.25, 0.3) is 0 Å². The highest BCUT2D eigenvalue weighted by atomic mass is 16.5. The summed E-state index contributed by atoms with van der Waals surface area (Å²) in [6, 6.07) is 0. The normalized spacial score (nSPS) is 27.4. The monoisotopic (exact) mass is 263 g/mol. The first-order chi connectivity index (χ1) is 8.99. The molecule has 0 spiro atoms. The van der Waals surface area contributed by atoms with Crippen LogP contribution in [-0.2, 0) is 16.1 Å². The molecule has 3 rings (SSSR count). The quantitative estimate of drug-likeness (QED) is 0.720. The van der Waals surface area contributed by atoms with E-state index in [2.05, 4.69) is 10.1 Å². The van der Waals surface area contributed by atoms with Gasteiger partial charge >= 0.3 is 0 Å².